The lowest BCUT2D eigenvalue weighted by Gasteiger charge is -2.25. The molecule has 5 heteroatoms. The molecule has 3 rings (SSSR count). The molecule has 5 nitrogen and oxygen atoms in total. The van der Waals surface area contributed by atoms with Crippen LogP contribution in [-0.4, -0.2) is 19.6 Å². The molecule has 0 bridgehead atoms. The van der Waals surface area contributed by atoms with E-state index in [0.29, 0.717) is 18.5 Å². The number of nitrogens with zero attached hydrogens (tertiary/aromatic N) is 1. The van der Waals surface area contributed by atoms with Gasteiger partial charge in [0, 0.05) is 0 Å². The van der Waals surface area contributed by atoms with Crippen molar-refractivity contribution in [3.05, 3.63) is 69.8 Å². The van der Waals surface area contributed by atoms with Crippen LogP contribution in [0.2, 0.25) is 0 Å². The van der Waals surface area contributed by atoms with Gasteiger partial charge in [-0.05, 0) is 46.4 Å². The van der Waals surface area contributed by atoms with Crippen molar-refractivity contribution in [3.8, 4) is 6.07 Å². The van der Waals surface area contributed by atoms with E-state index in [4.69, 9.17) is 9.47 Å². The molecule has 0 saturated heterocycles. The van der Waals surface area contributed by atoms with Crippen molar-refractivity contribution in [1.82, 2.24) is 0 Å². The Kier molecular flexibility index (Phi) is 4.30. The third-order valence-corrected chi connectivity index (χ3v) is 4.22. The Bertz CT molecular complexity index is 851. The number of hydrogen-bond acceptors (Lipinski definition) is 5. The minimum Gasteiger partial charge on any atom is -0.465 e. The summed E-state index contributed by atoms with van der Waals surface area (Å²) in [6.45, 7) is 0.610. The molecule has 0 aliphatic heterocycles. The summed E-state index contributed by atoms with van der Waals surface area (Å²) in [4.78, 5) is 22.1. The lowest BCUT2D eigenvalue weighted by Crippen LogP contribution is -2.14. The standard InChI is InChI=1S/C19H15NO4/c1-23-19(22)13-3-5-17-15(7-13)8-14-6-12(10-24-11-21)2-4-16(14)18(17)9-20/h2-7,11,18H,8,10H2,1H3. The van der Waals surface area contributed by atoms with Gasteiger partial charge >= 0.3 is 5.97 Å². The van der Waals surface area contributed by atoms with Gasteiger partial charge in [-0.1, -0.05) is 24.3 Å². The van der Waals surface area contributed by atoms with Gasteiger partial charge in [0.05, 0.1) is 24.7 Å². The Labute approximate surface area is 139 Å². The highest BCUT2D eigenvalue weighted by Crippen LogP contribution is 2.37. The maximum Gasteiger partial charge on any atom is 0.337 e. The predicted octanol–water partition coefficient (Wildman–Crippen LogP) is 2.71. The molecule has 0 N–H and O–H groups in total. The van der Waals surface area contributed by atoms with Gasteiger partial charge in [-0.3, -0.25) is 4.79 Å². The summed E-state index contributed by atoms with van der Waals surface area (Å²) in [6.07, 6.45) is 0.614. The quantitative estimate of drug-likeness (QED) is 0.639. The number of carbonyl (C=O) groups is 2. The zero-order chi connectivity index (χ0) is 17.1. The third kappa shape index (κ3) is 2.74. The zero-order valence-electron chi connectivity index (χ0n) is 13.1. The number of esters is 1. The van der Waals surface area contributed by atoms with E-state index in [2.05, 4.69) is 6.07 Å². The molecule has 24 heavy (non-hydrogen) atoms. The fourth-order valence-corrected chi connectivity index (χ4v) is 3.11. The Hall–Kier alpha value is -3.13. The molecule has 0 radical (unpaired) electrons. The number of rotatable bonds is 4. The predicted molar refractivity (Wildman–Crippen MR) is 85.3 cm³/mol. The first-order valence-electron chi connectivity index (χ1n) is 7.45. The van der Waals surface area contributed by atoms with Gasteiger partial charge in [-0.15, -0.1) is 0 Å². The first kappa shape index (κ1) is 15.8. The maximum absolute atomic E-state index is 11.7. The summed E-state index contributed by atoms with van der Waals surface area (Å²) < 4.78 is 9.55. The van der Waals surface area contributed by atoms with E-state index in [-0.39, 0.29) is 12.5 Å². The minimum absolute atomic E-state index is 0.197. The third-order valence-electron chi connectivity index (χ3n) is 4.22. The van der Waals surface area contributed by atoms with E-state index in [0.717, 1.165) is 27.8 Å². The Morgan fingerprint density at radius 3 is 2.62 bits per heavy atom. The molecular weight excluding hydrogens is 306 g/mol. The molecule has 0 fully saturated rings. The lowest BCUT2D eigenvalue weighted by molar-refractivity contribution is -0.129. The van der Waals surface area contributed by atoms with E-state index < -0.39 is 5.97 Å². The second kappa shape index (κ2) is 6.55. The van der Waals surface area contributed by atoms with Gasteiger partial charge < -0.3 is 9.47 Å². The fraction of sp³-hybridized carbons (Fsp3) is 0.211. The molecule has 0 aromatic heterocycles. The number of carbonyl (C=O) groups excluding carboxylic acids is 2. The average molecular weight is 321 g/mol. The number of benzene rings is 2. The summed E-state index contributed by atoms with van der Waals surface area (Å²) in [5, 5.41) is 9.61. The molecule has 1 unspecified atom stereocenters. The minimum atomic E-state index is -0.398. The van der Waals surface area contributed by atoms with Crippen LogP contribution in [0.3, 0.4) is 0 Å². The molecule has 0 amide bonds. The number of fused-ring (bicyclic) bond motifs is 2. The first-order valence-corrected chi connectivity index (χ1v) is 7.45. The van der Waals surface area contributed by atoms with Crippen LogP contribution in [0.5, 0.6) is 0 Å². The van der Waals surface area contributed by atoms with Gasteiger partial charge in [0.1, 0.15) is 6.61 Å². The highest BCUT2D eigenvalue weighted by molar-refractivity contribution is 5.89. The molecule has 120 valence electrons. The van der Waals surface area contributed by atoms with Crippen molar-refractivity contribution in [2.45, 2.75) is 18.9 Å². The average Bonchev–Trinajstić information content (AvgIpc) is 2.62. The van der Waals surface area contributed by atoms with Crippen molar-refractivity contribution in [1.29, 1.82) is 5.26 Å². The van der Waals surface area contributed by atoms with E-state index in [9.17, 15) is 14.9 Å². The van der Waals surface area contributed by atoms with Crippen LogP contribution in [0.4, 0.5) is 0 Å². The van der Waals surface area contributed by atoms with Crippen molar-refractivity contribution in [2.24, 2.45) is 0 Å². The van der Waals surface area contributed by atoms with Crippen LogP contribution < -0.4 is 0 Å². The van der Waals surface area contributed by atoms with Crippen LogP contribution >= 0.6 is 0 Å². The summed E-state index contributed by atoms with van der Waals surface area (Å²) in [6, 6.07) is 13.3. The van der Waals surface area contributed by atoms with Crippen molar-refractivity contribution in [2.75, 3.05) is 7.11 Å². The number of nitriles is 1. The highest BCUT2D eigenvalue weighted by Gasteiger charge is 2.26. The number of ether oxygens (including phenoxy) is 2. The molecule has 1 aliphatic carbocycles. The highest BCUT2D eigenvalue weighted by atomic mass is 16.5. The second-order valence-electron chi connectivity index (χ2n) is 5.58. The Morgan fingerprint density at radius 1 is 1.25 bits per heavy atom. The Balaban J connectivity index is 2.03. The van der Waals surface area contributed by atoms with E-state index in [1.54, 1.807) is 12.1 Å². The van der Waals surface area contributed by atoms with Crippen LogP contribution in [0.1, 0.15) is 44.1 Å². The van der Waals surface area contributed by atoms with Crippen LogP contribution in [0.25, 0.3) is 0 Å². The first-order chi connectivity index (χ1) is 11.7. The van der Waals surface area contributed by atoms with Gasteiger partial charge in [-0.25, -0.2) is 4.79 Å². The molecule has 0 spiro atoms. The molecule has 2 aromatic carbocycles. The maximum atomic E-state index is 11.7. The van der Waals surface area contributed by atoms with E-state index in [1.807, 2.05) is 24.3 Å². The van der Waals surface area contributed by atoms with Crippen molar-refractivity contribution in [3.63, 3.8) is 0 Å². The Morgan fingerprint density at radius 2 is 1.96 bits per heavy atom. The molecule has 2 aromatic rings. The van der Waals surface area contributed by atoms with Gasteiger partial charge in [0.2, 0.25) is 0 Å². The normalized spacial score (nSPS) is 14.8. The summed E-state index contributed by atoms with van der Waals surface area (Å²) >= 11 is 0. The van der Waals surface area contributed by atoms with Crippen molar-refractivity contribution < 1.29 is 19.1 Å². The van der Waals surface area contributed by atoms with Crippen LogP contribution in [-0.2, 0) is 27.3 Å². The SMILES string of the molecule is COC(=O)c1ccc2c(c1)Cc1cc(COC=O)ccc1C2C#N. The van der Waals surface area contributed by atoms with Gasteiger partial charge in [0.25, 0.3) is 6.47 Å². The number of hydrogen-bond donors (Lipinski definition) is 0. The summed E-state index contributed by atoms with van der Waals surface area (Å²) in [7, 11) is 1.34. The van der Waals surface area contributed by atoms with Crippen LogP contribution in [0.15, 0.2) is 36.4 Å². The molecule has 1 atom stereocenters. The second-order valence-corrected chi connectivity index (χ2v) is 5.58. The van der Waals surface area contributed by atoms with Gasteiger partial charge in [0.15, 0.2) is 0 Å². The number of methoxy groups -OCH3 is 1. The van der Waals surface area contributed by atoms with Crippen molar-refractivity contribution >= 4 is 12.4 Å². The monoisotopic (exact) mass is 321 g/mol. The van der Waals surface area contributed by atoms with Gasteiger partial charge in [-0.2, -0.15) is 5.26 Å². The summed E-state index contributed by atoms with van der Waals surface area (Å²) in [5.74, 6) is -0.776. The topological polar surface area (TPSA) is 76.4 Å². The molecular formula is C19H15NO4. The van der Waals surface area contributed by atoms with E-state index in [1.165, 1.54) is 7.11 Å². The summed E-state index contributed by atoms with van der Waals surface area (Å²) in [5.41, 5.74) is 5.13. The molecule has 0 heterocycles. The fourth-order valence-electron chi connectivity index (χ4n) is 3.11. The smallest absolute Gasteiger partial charge is 0.337 e. The molecule has 1 aliphatic rings. The van der Waals surface area contributed by atoms with E-state index >= 15 is 0 Å². The molecule has 0 saturated carbocycles. The largest absolute Gasteiger partial charge is 0.465 e. The zero-order valence-corrected chi connectivity index (χ0v) is 13.1. The van der Waals surface area contributed by atoms with Crippen LogP contribution in [0, 0.1) is 11.3 Å². The lowest BCUT2D eigenvalue weighted by atomic mass is 9.78.